The van der Waals surface area contributed by atoms with E-state index in [9.17, 15) is 18.0 Å². The number of carbonyl (C=O) groups excluding carboxylic acids is 1. The maximum Gasteiger partial charge on any atom is 0.468 e. The number of nitrogens with zero attached hydrogens (tertiary/aromatic N) is 1. The van der Waals surface area contributed by atoms with Crippen molar-refractivity contribution >= 4 is 46.5 Å². The van der Waals surface area contributed by atoms with E-state index in [0.717, 1.165) is 0 Å². The van der Waals surface area contributed by atoms with E-state index in [0.29, 0.717) is 5.56 Å². The average Bonchev–Trinajstić information content (AvgIpc) is 3.00. The van der Waals surface area contributed by atoms with Crippen molar-refractivity contribution in [1.82, 2.24) is 0 Å². The number of ether oxygens (including phenoxy) is 3. The number of benzene rings is 2. The molecule has 1 aliphatic rings. The Balaban J connectivity index is 2.01. The fourth-order valence-electron chi connectivity index (χ4n) is 2.31. The van der Waals surface area contributed by atoms with E-state index in [-0.39, 0.29) is 23.0 Å². The van der Waals surface area contributed by atoms with Crippen molar-refractivity contribution < 1.29 is 32.2 Å². The molecule has 11 heteroatoms. The zero-order chi connectivity index (χ0) is 21.4. The molecule has 0 aliphatic carbocycles. The molecular formula is C18H11Cl3F3NO4. The van der Waals surface area contributed by atoms with Crippen LogP contribution in [0.3, 0.4) is 0 Å². The Morgan fingerprint density at radius 3 is 1.93 bits per heavy atom. The SMILES string of the molecule is CC(=O)c1ccc(O/C(=N/C2(C(Cl)(Cl)Cl)Oc3ccccc3O2)C(F)(F)F)cc1. The van der Waals surface area contributed by atoms with Gasteiger partial charge in [-0.25, -0.2) is 0 Å². The number of rotatable bonds is 3. The van der Waals surface area contributed by atoms with E-state index >= 15 is 0 Å². The van der Waals surface area contributed by atoms with Crippen molar-refractivity contribution in [2.45, 2.75) is 22.8 Å². The summed E-state index contributed by atoms with van der Waals surface area (Å²) in [6.45, 7) is 1.32. The molecule has 3 rings (SSSR count). The fraction of sp³-hybridized carbons (Fsp3) is 0.222. The molecular weight excluding hydrogens is 458 g/mol. The van der Waals surface area contributed by atoms with Gasteiger partial charge in [0.25, 0.3) is 3.79 Å². The molecule has 1 heterocycles. The van der Waals surface area contributed by atoms with Crippen molar-refractivity contribution in [2.24, 2.45) is 4.99 Å². The van der Waals surface area contributed by atoms with Crippen molar-refractivity contribution in [3.63, 3.8) is 0 Å². The molecule has 0 bridgehead atoms. The van der Waals surface area contributed by atoms with Crippen molar-refractivity contribution in [1.29, 1.82) is 0 Å². The zero-order valence-corrected chi connectivity index (χ0v) is 16.7. The second kappa shape index (κ2) is 7.59. The standard InChI is InChI=1S/C18H11Cl3F3NO4/c1-10(26)11-6-8-12(9-7-11)27-15(16(22,23)24)25-18(17(19,20)21)28-13-4-2-3-5-14(13)29-18/h2-9H,1H3/b25-15+. The number of aliphatic imine (C=N–C) groups is 1. The molecule has 5 nitrogen and oxygen atoms in total. The third-order valence-electron chi connectivity index (χ3n) is 3.67. The number of fused-ring (bicyclic) bond motifs is 1. The minimum absolute atomic E-state index is 0.0370. The van der Waals surface area contributed by atoms with Gasteiger partial charge in [-0.05, 0) is 43.3 Å². The van der Waals surface area contributed by atoms with Crippen molar-refractivity contribution in [3.05, 3.63) is 54.1 Å². The summed E-state index contributed by atoms with van der Waals surface area (Å²) in [5, 5.41) is 0. The van der Waals surface area contributed by atoms with Crippen LogP contribution in [0.5, 0.6) is 17.2 Å². The normalized spacial score (nSPS) is 15.9. The topological polar surface area (TPSA) is 57.1 Å². The molecule has 0 fully saturated rings. The summed E-state index contributed by atoms with van der Waals surface area (Å²) in [6, 6.07) is 10.9. The third kappa shape index (κ3) is 4.55. The lowest BCUT2D eigenvalue weighted by Gasteiger charge is -2.30. The van der Waals surface area contributed by atoms with E-state index in [1.54, 1.807) is 12.1 Å². The van der Waals surface area contributed by atoms with Crippen molar-refractivity contribution in [2.75, 3.05) is 0 Å². The first-order chi connectivity index (χ1) is 13.4. The first-order valence-corrected chi connectivity index (χ1v) is 9.04. The first kappa shape index (κ1) is 21.5. The van der Waals surface area contributed by atoms with Gasteiger partial charge >= 0.3 is 18.0 Å². The summed E-state index contributed by atoms with van der Waals surface area (Å²) in [5.74, 6) is -4.88. The lowest BCUT2D eigenvalue weighted by molar-refractivity contribution is -0.0911. The molecule has 1 aliphatic heterocycles. The van der Waals surface area contributed by atoms with Crippen LogP contribution in [0.2, 0.25) is 0 Å². The van der Waals surface area contributed by atoms with Crippen LogP contribution in [-0.2, 0) is 0 Å². The highest BCUT2D eigenvalue weighted by molar-refractivity contribution is 6.68. The van der Waals surface area contributed by atoms with Gasteiger partial charge in [0.2, 0.25) is 0 Å². The molecule has 0 aromatic heterocycles. The van der Waals surface area contributed by atoms with Crippen molar-refractivity contribution in [3.8, 4) is 17.2 Å². The molecule has 154 valence electrons. The Morgan fingerprint density at radius 1 is 1.00 bits per heavy atom. The zero-order valence-electron chi connectivity index (χ0n) is 14.5. The van der Waals surface area contributed by atoms with E-state index in [4.69, 9.17) is 49.0 Å². The second-order valence-corrected chi connectivity index (χ2v) is 8.11. The molecule has 2 aromatic carbocycles. The molecule has 0 saturated carbocycles. The highest BCUT2D eigenvalue weighted by Gasteiger charge is 2.60. The lowest BCUT2D eigenvalue weighted by Crippen LogP contribution is -2.51. The van der Waals surface area contributed by atoms with Gasteiger partial charge in [-0.1, -0.05) is 46.9 Å². The monoisotopic (exact) mass is 467 g/mol. The van der Waals surface area contributed by atoms with Gasteiger partial charge < -0.3 is 14.2 Å². The number of ketones is 1. The van der Waals surface area contributed by atoms with E-state index in [1.165, 1.54) is 43.3 Å². The number of hydrogen-bond acceptors (Lipinski definition) is 5. The highest BCUT2D eigenvalue weighted by atomic mass is 35.6. The quantitative estimate of drug-likeness (QED) is 0.250. The number of para-hydroxylation sites is 2. The van der Waals surface area contributed by atoms with Gasteiger partial charge in [0, 0.05) is 5.56 Å². The predicted octanol–water partition coefficient (Wildman–Crippen LogP) is 5.72. The molecule has 0 amide bonds. The summed E-state index contributed by atoms with van der Waals surface area (Å²) in [4.78, 5) is 14.7. The van der Waals surface area contributed by atoms with Gasteiger partial charge in [-0.3, -0.25) is 4.79 Å². The third-order valence-corrected chi connectivity index (χ3v) is 4.39. The fourth-order valence-corrected chi connectivity index (χ4v) is 2.67. The maximum atomic E-state index is 13.6. The van der Waals surface area contributed by atoms with Crippen LogP contribution in [0, 0.1) is 0 Å². The minimum Gasteiger partial charge on any atom is -0.435 e. The Labute approximate surface area is 177 Å². The summed E-state index contributed by atoms with van der Waals surface area (Å²) < 4.78 is 53.8. The molecule has 0 unspecified atom stereocenters. The van der Waals surface area contributed by atoms with E-state index in [2.05, 4.69) is 4.99 Å². The highest BCUT2D eigenvalue weighted by Crippen LogP contribution is 2.50. The van der Waals surface area contributed by atoms with Gasteiger partial charge in [0.1, 0.15) is 5.75 Å². The summed E-state index contributed by atoms with van der Waals surface area (Å²) in [7, 11) is 0. The van der Waals surface area contributed by atoms with Crippen LogP contribution in [0.25, 0.3) is 0 Å². The number of Topliss-reactive ketones (excluding diaryl/α,β-unsaturated/α-hetero) is 1. The molecule has 0 saturated heterocycles. The largest absolute Gasteiger partial charge is 0.468 e. The van der Waals surface area contributed by atoms with Crippen LogP contribution < -0.4 is 14.2 Å². The van der Waals surface area contributed by atoms with Crippen LogP contribution in [-0.4, -0.2) is 27.6 Å². The number of alkyl halides is 6. The lowest BCUT2D eigenvalue weighted by atomic mass is 10.1. The first-order valence-electron chi connectivity index (χ1n) is 7.91. The van der Waals surface area contributed by atoms with Crippen LogP contribution in [0.4, 0.5) is 13.2 Å². The molecule has 0 radical (unpaired) electrons. The molecule has 29 heavy (non-hydrogen) atoms. The van der Waals surface area contributed by atoms with Crippen LogP contribution >= 0.6 is 34.8 Å². The second-order valence-electron chi connectivity index (χ2n) is 5.83. The van der Waals surface area contributed by atoms with Gasteiger partial charge in [-0.15, -0.1) is 0 Å². The number of hydrogen-bond donors (Lipinski definition) is 0. The summed E-state index contributed by atoms with van der Waals surface area (Å²) in [6.07, 6.45) is -5.08. The Morgan fingerprint density at radius 2 is 1.52 bits per heavy atom. The Kier molecular flexibility index (Phi) is 5.64. The molecule has 2 aromatic rings. The summed E-state index contributed by atoms with van der Waals surface area (Å²) >= 11 is 17.6. The predicted molar refractivity (Wildman–Crippen MR) is 101 cm³/mol. The van der Waals surface area contributed by atoms with Crippen LogP contribution in [0.1, 0.15) is 17.3 Å². The van der Waals surface area contributed by atoms with Gasteiger partial charge in [0.05, 0.1) is 0 Å². The molecule has 0 N–H and O–H groups in total. The maximum absolute atomic E-state index is 13.6. The van der Waals surface area contributed by atoms with Gasteiger partial charge in [-0.2, -0.15) is 18.2 Å². The number of halogens is 6. The average molecular weight is 469 g/mol. The van der Waals surface area contributed by atoms with E-state index < -0.39 is 21.8 Å². The molecule has 0 spiro atoms. The smallest absolute Gasteiger partial charge is 0.435 e. The number of carbonyl (C=O) groups is 1. The van der Waals surface area contributed by atoms with E-state index in [1.807, 2.05) is 0 Å². The summed E-state index contributed by atoms with van der Waals surface area (Å²) in [5.41, 5.74) is 0.290. The minimum atomic E-state index is -5.08. The Bertz CT molecular complexity index is 931. The van der Waals surface area contributed by atoms with Gasteiger partial charge in [0.15, 0.2) is 17.3 Å². The Hall–Kier alpha value is -2.16. The van der Waals surface area contributed by atoms with Crippen LogP contribution in [0.15, 0.2) is 53.5 Å². The molecule has 0 atom stereocenters.